The number of furan rings is 1. The van der Waals surface area contributed by atoms with Gasteiger partial charge in [-0.25, -0.2) is 4.79 Å². The Kier molecular flexibility index (Phi) is 5.87. The number of ether oxygens (including phenoxy) is 3. The number of aliphatic hydroxyl groups is 4. The lowest BCUT2D eigenvalue weighted by Gasteiger charge is -2.39. The molecule has 10 nitrogen and oxygen atoms in total. The first-order chi connectivity index (χ1) is 13.4. The highest BCUT2D eigenvalue weighted by Gasteiger charge is 2.45. The number of carboxylic acids is 1. The molecule has 5 atom stereocenters. The number of hydrogen-bond acceptors (Lipinski definition) is 9. The van der Waals surface area contributed by atoms with Gasteiger partial charge in [-0.1, -0.05) is 0 Å². The molecule has 0 spiro atoms. The van der Waals surface area contributed by atoms with Crippen LogP contribution in [0.15, 0.2) is 28.9 Å². The fourth-order valence-electron chi connectivity index (χ4n) is 2.97. The summed E-state index contributed by atoms with van der Waals surface area (Å²) in [6, 6.07) is 3.15. The first kappa shape index (κ1) is 20.1. The largest absolute Gasteiger partial charge is 0.492 e. The zero-order chi connectivity index (χ0) is 20.4. The summed E-state index contributed by atoms with van der Waals surface area (Å²) in [7, 11) is 1.37. The van der Waals surface area contributed by atoms with Gasteiger partial charge in [0.2, 0.25) is 6.29 Å². The molecule has 1 aromatic carbocycles. The predicted molar refractivity (Wildman–Crippen MR) is 93.8 cm³/mol. The Bertz CT molecular complexity index is 871. The second-order valence-electron chi connectivity index (χ2n) is 6.15. The molecule has 2 heterocycles. The molecular weight excluding hydrogens is 376 g/mol. The fraction of sp³-hybridized carbons (Fsp3) is 0.389. The number of carbonyl (C=O) groups is 1. The highest BCUT2D eigenvalue weighted by Crippen LogP contribution is 2.39. The second kappa shape index (κ2) is 8.17. The van der Waals surface area contributed by atoms with E-state index in [4.69, 9.17) is 23.7 Å². The van der Waals surface area contributed by atoms with Crippen molar-refractivity contribution >= 4 is 23.0 Å². The number of rotatable bonds is 6. The average molecular weight is 396 g/mol. The lowest BCUT2D eigenvalue weighted by Crippen LogP contribution is -2.60. The van der Waals surface area contributed by atoms with Crippen LogP contribution in [0.1, 0.15) is 5.56 Å². The van der Waals surface area contributed by atoms with E-state index >= 15 is 0 Å². The van der Waals surface area contributed by atoms with E-state index < -0.39 is 43.3 Å². The maximum atomic E-state index is 11.0. The Morgan fingerprint density at radius 1 is 1.25 bits per heavy atom. The van der Waals surface area contributed by atoms with Gasteiger partial charge in [0.1, 0.15) is 30.2 Å². The van der Waals surface area contributed by atoms with Crippen LogP contribution in [0.25, 0.3) is 17.0 Å². The van der Waals surface area contributed by atoms with Crippen LogP contribution in [-0.4, -0.2) is 75.9 Å². The zero-order valence-electron chi connectivity index (χ0n) is 14.8. The predicted octanol–water partition coefficient (Wildman–Crippen LogP) is -0.282. The van der Waals surface area contributed by atoms with Crippen LogP contribution >= 0.6 is 0 Å². The first-order valence-electron chi connectivity index (χ1n) is 8.33. The first-order valence-corrected chi connectivity index (χ1v) is 8.33. The van der Waals surface area contributed by atoms with Crippen molar-refractivity contribution in [3.8, 4) is 11.5 Å². The van der Waals surface area contributed by atoms with Crippen LogP contribution in [0.4, 0.5) is 0 Å². The third kappa shape index (κ3) is 3.68. The third-order valence-electron chi connectivity index (χ3n) is 4.39. The number of aliphatic carboxylic acids is 1. The van der Waals surface area contributed by atoms with Crippen molar-refractivity contribution < 1.29 is 49.0 Å². The highest BCUT2D eigenvalue weighted by atomic mass is 16.7. The summed E-state index contributed by atoms with van der Waals surface area (Å²) >= 11 is 0. The molecule has 0 radical (unpaired) electrons. The molecule has 28 heavy (non-hydrogen) atoms. The molecule has 1 saturated heterocycles. The van der Waals surface area contributed by atoms with E-state index in [1.165, 1.54) is 25.5 Å². The molecule has 0 saturated carbocycles. The van der Waals surface area contributed by atoms with E-state index in [2.05, 4.69) is 0 Å². The van der Waals surface area contributed by atoms with Crippen molar-refractivity contribution in [2.24, 2.45) is 0 Å². The number of hydrogen-bond donors (Lipinski definition) is 5. The maximum absolute atomic E-state index is 11.0. The lowest BCUT2D eigenvalue weighted by molar-refractivity contribution is -0.277. The monoisotopic (exact) mass is 396 g/mol. The van der Waals surface area contributed by atoms with E-state index in [9.17, 15) is 25.2 Å². The number of benzene rings is 1. The molecule has 5 N–H and O–H groups in total. The van der Waals surface area contributed by atoms with Gasteiger partial charge < -0.3 is 44.2 Å². The van der Waals surface area contributed by atoms with Gasteiger partial charge in [-0.05, 0) is 18.2 Å². The molecule has 3 rings (SSSR count). The van der Waals surface area contributed by atoms with E-state index in [1.807, 2.05) is 0 Å². The summed E-state index contributed by atoms with van der Waals surface area (Å²) in [5, 5.41) is 48.8. The van der Waals surface area contributed by atoms with E-state index in [0.29, 0.717) is 11.0 Å². The molecular formula is C18H20O10. The minimum Gasteiger partial charge on any atom is -0.492 e. The fourth-order valence-corrected chi connectivity index (χ4v) is 2.97. The van der Waals surface area contributed by atoms with E-state index in [-0.39, 0.29) is 17.1 Å². The van der Waals surface area contributed by atoms with Crippen LogP contribution in [0.2, 0.25) is 0 Å². The second-order valence-corrected chi connectivity index (χ2v) is 6.15. The van der Waals surface area contributed by atoms with Gasteiger partial charge in [-0.2, -0.15) is 0 Å². The normalized spacial score (nSPS) is 28.0. The van der Waals surface area contributed by atoms with Crippen LogP contribution < -0.4 is 9.47 Å². The standard InChI is InChI=1S/C18H20O10/c1-25-17-9(2-3-12(20)21)10(6-8-4-5-26-16(8)17)27-18-15(24)14(23)13(22)11(7-19)28-18/h2-6,11,13-15,18-19,22-24H,7H2,1H3,(H,20,21)/t11-,13-,14+,15-,18-/m1/s1. The summed E-state index contributed by atoms with van der Waals surface area (Å²) < 4.78 is 21.7. The number of aliphatic hydroxyl groups excluding tert-OH is 4. The summed E-state index contributed by atoms with van der Waals surface area (Å²) in [5.41, 5.74) is 0.554. The minimum atomic E-state index is -1.62. The Balaban J connectivity index is 2.04. The molecule has 1 fully saturated rings. The smallest absolute Gasteiger partial charge is 0.328 e. The molecule has 2 aromatic rings. The molecule has 10 heteroatoms. The van der Waals surface area contributed by atoms with Gasteiger partial charge >= 0.3 is 5.97 Å². The van der Waals surface area contributed by atoms with Gasteiger partial charge in [0.25, 0.3) is 0 Å². The highest BCUT2D eigenvalue weighted by molar-refractivity contribution is 5.93. The van der Waals surface area contributed by atoms with Crippen molar-refractivity contribution in [1.29, 1.82) is 0 Å². The van der Waals surface area contributed by atoms with Crippen LogP contribution in [0.3, 0.4) is 0 Å². The maximum Gasteiger partial charge on any atom is 0.328 e. The zero-order valence-corrected chi connectivity index (χ0v) is 14.8. The lowest BCUT2D eigenvalue weighted by atomic mass is 9.99. The quantitative estimate of drug-likeness (QED) is 0.411. The minimum absolute atomic E-state index is 0.0765. The molecule has 0 aliphatic carbocycles. The molecule has 152 valence electrons. The van der Waals surface area contributed by atoms with Gasteiger partial charge in [-0.15, -0.1) is 0 Å². The summed E-state index contributed by atoms with van der Waals surface area (Å²) in [5.74, 6) is -0.937. The van der Waals surface area contributed by atoms with Crippen molar-refractivity contribution in [1.82, 2.24) is 0 Å². The van der Waals surface area contributed by atoms with E-state index in [1.54, 1.807) is 6.07 Å². The van der Waals surface area contributed by atoms with Crippen LogP contribution in [0.5, 0.6) is 11.5 Å². The molecule has 1 aliphatic rings. The summed E-state index contributed by atoms with van der Waals surface area (Å²) in [6.07, 6.45) is -3.86. The number of fused-ring (bicyclic) bond motifs is 1. The van der Waals surface area contributed by atoms with Gasteiger partial charge in [0.05, 0.1) is 25.5 Å². The Morgan fingerprint density at radius 2 is 2.00 bits per heavy atom. The average Bonchev–Trinajstić information content (AvgIpc) is 3.14. The topological polar surface area (TPSA) is 159 Å². The third-order valence-corrected chi connectivity index (χ3v) is 4.39. The summed E-state index contributed by atoms with van der Waals surface area (Å²) in [4.78, 5) is 11.0. The van der Waals surface area contributed by atoms with Gasteiger partial charge in [0.15, 0.2) is 11.3 Å². The van der Waals surface area contributed by atoms with Crippen LogP contribution in [0, 0.1) is 0 Å². The summed E-state index contributed by atoms with van der Waals surface area (Å²) in [6.45, 7) is -0.610. The van der Waals surface area contributed by atoms with E-state index in [0.717, 1.165) is 6.08 Å². The van der Waals surface area contributed by atoms with Gasteiger partial charge in [-0.3, -0.25) is 0 Å². The SMILES string of the molecule is COc1c(C=CC(=O)O)c(O[C@@H]2O[C@H](CO)[C@@H](O)[C@H](O)[C@H]2O)cc2ccoc12. The van der Waals surface area contributed by atoms with Crippen molar-refractivity contribution in [2.45, 2.75) is 30.7 Å². The van der Waals surface area contributed by atoms with Crippen molar-refractivity contribution in [3.63, 3.8) is 0 Å². The van der Waals surface area contributed by atoms with Gasteiger partial charge in [0, 0.05) is 11.5 Å². The molecule has 1 aliphatic heterocycles. The molecule has 0 amide bonds. The van der Waals surface area contributed by atoms with Crippen molar-refractivity contribution in [2.75, 3.05) is 13.7 Å². The van der Waals surface area contributed by atoms with Crippen LogP contribution in [-0.2, 0) is 9.53 Å². The Morgan fingerprint density at radius 3 is 2.64 bits per heavy atom. The molecule has 0 unspecified atom stereocenters. The van der Waals surface area contributed by atoms with Crippen molar-refractivity contribution in [3.05, 3.63) is 30.0 Å². The number of carboxylic acid groups (broad SMARTS) is 1. The molecule has 1 aromatic heterocycles. The Hall–Kier alpha value is -2.63. The molecule has 0 bridgehead atoms. The Labute approximate surface area is 158 Å². The number of methoxy groups -OCH3 is 1.